The third kappa shape index (κ3) is 3.28. The minimum Gasteiger partial charge on any atom is -0.372 e. The Morgan fingerprint density at radius 2 is 1.46 bits per heavy atom. The Hall–Kier alpha value is -3.10. The number of benzene rings is 3. The average molecular weight is 380 g/mol. The number of anilines is 1. The summed E-state index contributed by atoms with van der Waals surface area (Å²) in [5.41, 5.74) is 9.01. The lowest BCUT2D eigenvalue weighted by Gasteiger charge is -2.15. The number of thiophene rings is 1. The van der Waals surface area contributed by atoms with Crippen LogP contribution < -0.4 is 5.32 Å². The van der Waals surface area contributed by atoms with E-state index in [4.69, 9.17) is 0 Å². The van der Waals surface area contributed by atoms with Crippen LogP contribution in [0.15, 0.2) is 84.9 Å². The highest BCUT2D eigenvalue weighted by Gasteiger charge is 2.15. The van der Waals surface area contributed by atoms with Gasteiger partial charge in [-0.25, -0.2) is 0 Å². The fourth-order valence-corrected chi connectivity index (χ4v) is 4.74. The van der Waals surface area contributed by atoms with Gasteiger partial charge in [-0.2, -0.15) is 0 Å². The van der Waals surface area contributed by atoms with Crippen LogP contribution in [-0.4, -0.2) is 6.54 Å². The highest BCUT2D eigenvalue weighted by Crippen LogP contribution is 2.40. The van der Waals surface area contributed by atoms with Crippen molar-refractivity contribution in [2.75, 3.05) is 11.9 Å². The third-order valence-electron chi connectivity index (χ3n) is 5.20. The van der Waals surface area contributed by atoms with Gasteiger partial charge in [-0.15, -0.1) is 11.3 Å². The maximum absolute atomic E-state index is 3.60. The molecule has 1 nitrogen and oxygen atoms in total. The van der Waals surface area contributed by atoms with Crippen LogP contribution in [-0.2, 0) is 0 Å². The van der Waals surface area contributed by atoms with E-state index in [0.29, 0.717) is 0 Å². The summed E-state index contributed by atoms with van der Waals surface area (Å²) in [5, 5.41) is 4.86. The minimum absolute atomic E-state index is 0.878. The molecule has 2 heterocycles. The van der Waals surface area contributed by atoms with E-state index in [1.807, 2.05) is 11.3 Å². The van der Waals surface area contributed by atoms with E-state index in [9.17, 15) is 0 Å². The van der Waals surface area contributed by atoms with Crippen LogP contribution in [0.25, 0.3) is 33.2 Å². The van der Waals surface area contributed by atoms with Crippen molar-refractivity contribution >= 4 is 28.0 Å². The van der Waals surface area contributed by atoms with Crippen molar-refractivity contribution in [1.82, 2.24) is 0 Å². The smallest absolute Gasteiger partial charge is 0.0965 e. The van der Waals surface area contributed by atoms with Crippen molar-refractivity contribution in [3.63, 3.8) is 0 Å². The fourth-order valence-electron chi connectivity index (χ4n) is 3.70. The van der Waals surface area contributed by atoms with Crippen LogP contribution in [0.3, 0.4) is 0 Å². The van der Waals surface area contributed by atoms with Crippen molar-refractivity contribution in [2.45, 2.75) is 6.92 Å². The van der Waals surface area contributed by atoms with Gasteiger partial charge in [0.15, 0.2) is 0 Å². The molecule has 136 valence electrons. The monoisotopic (exact) mass is 379 g/mol. The first-order chi connectivity index (χ1) is 13.8. The van der Waals surface area contributed by atoms with Crippen molar-refractivity contribution in [3.05, 3.63) is 102 Å². The second-order valence-corrected chi connectivity index (χ2v) is 8.28. The lowest BCUT2D eigenvalue weighted by atomic mass is 10.00. The first-order valence-electron chi connectivity index (χ1n) is 9.57. The first-order valence-corrected chi connectivity index (χ1v) is 10.4. The van der Waals surface area contributed by atoms with E-state index in [0.717, 1.165) is 6.54 Å². The molecule has 0 bridgehead atoms. The van der Waals surface area contributed by atoms with E-state index in [2.05, 4.69) is 103 Å². The molecule has 0 radical (unpaired) electrons. The predicted molar refractivity (Wildman–Crippen MR) is 123 cm³/mol. The molecule has 0 atom stereocenters. The molecule has 2 heteroatoms. The van der Waals surface area contributed by atoms with Crippen LogP contribution in [0, 0.1) is 6.92 Å². The standard InChI is InChI=1S/C26H21NS/c1-18-6-5-9-22(14-18)20-10-12-21(13-11-20)25-16-23-15-24(17-27-26(23)28-25)19-7-3-2-4-8-19/h2-16,27H,17H2,1H3. The number of nitrogens with one attached hydrogen (secondary N) is 1. The molecule has 4 aromatic rings. The summed E-state index contributed by atoms with van der Waals surface area (Å²) in [4.78, 5) is 1.30. The van der Waals surface area contributed by atoms with Crippen LogP contribution in [0.2, 0.25) is 0 Å². The second-order valence-electron chi connectivity index (χ2n) is 7.23. The van der Waals surface area contributed by atoms with E-state index >= 15 is 0 Å². The highest BCUT2D eigenvalue weighted by atomic mass is 32.1. The molecular weight excluding hydrogens is 358 g/mol. The van der Waals surface area contributed by atoms with Gasteiger partial charge in [0.2, 0.25) is 0 Å². The zero-order valence-electron chi connectivity index (χ0n) is 15.8. The summed E-state index contributed by atoms with van der Waals surface area (Å²) < 4.78 is 0. The van der Waals surface area contributed by atoms with Crippen molar-refractivity contribution in [2.24, 2.45) is 0 Å². The molecule has 0 saturated carbocycles. The number of hydrogen-bond acceptors (Lipinski definition) is 2. The topological polar surface area (TPSA) is 12.0 Å². The molecule has 0 saturated heterocycles. The van der Waals surface area contributed by atoms with Crippen LogP contribution in [0.4, 0.5) is 5.00 Å². The Morgan fingerprint density at radius 3 is 2.25 bits per heavy atom. The summed E-state index contributed by atoms with van der Waals surface area (Å²) >= 11 is 1.83. The van der Waals surface area contributed by atoms with Gasteiger partial charge < -0.3 is 5.32 Å². The summed E-state index contributed by atoms with van der Waals surface area (Å²) in [6.07, 6.45) is 2.32. The summed E-state index contributed by atoms with van der Waals surface area (Å²) in [6, 6.07) is 30.5. The van der Waals surface area contributed by atoms with Crippen LogP contribution >= 0.6 is 11.3 Å². The highest BCUT2D eigenvalue weighted by molar-refractivity contribution is 7.19. The lowest BCUT2D eigenvalue weighted by Crippen LogP contribution is -2.07. The van der Waals surface area contributed by atoms with Crippen molar-refractivity contribution in [3.8, 4) is 21.6 Å². The third-order valence-corrected chi connectivity index (χ3v) is 6.35. The zero-order valence-corrected chi connectivity index (χ0v) is 16.6. The number of hydrogen-bond donors (Lipinski definition) is 1. The van der Waals surface area contributed by atoms with Crippen molar-refractivity contribution < 1.29 is 0 Å². The van der Waals surface area contributed by atoms with Gasteiger partial charge in [-0.05, 0) is 46.9 Å². The molecule has 28 heavy (non-hydrogen) atoms. The van der Waals surface area contributed by atoms with Gasteiger partial charge in [0, 0.05) is 17.0 Å². The van der Waals surface area contributed by atoms with Gasteiger partial charge in [0.1, 0.15) is 0 Å². The molecule has 0 amide bonds. The Kier molecular flexibility index (Phi) is 4.34. The Morgan fingerprint density at radius 1 is 0.714 bits per heavy atom. The zero-order chi connectivity index (χ0) is 18.9. The largest absolute Gasteiger partial charge is 0.372 e. The summed E-state index contributed by atoms with van der Waals surface area (Å²) in [7, 11) is 0. The van der Waals surface area contributed by atoms with E-state index in [1.54, 1.807) is 0 Å². The van der Waals surface area contributed by atoms with Crippen LogP contribution in [0.5, 0.6) is 0 Å². The fraction of sp³-hybridized carbons (Fsp3) is 0.0769. The predicted octanol–water partition coefficient (Wildman–Crippen LogP) is 7.36. The molecule has 1 aromatic heterocycles. The maximum atomic E-state index is 3.60. The molecule has 0 aliphatic carbocycles. The number of rotatable bonds is 3. The molecule has 1 N–H and O–H groups in total. The van der Waals surface area contributed by atoms with Gasteiger partial charge in [0.05, 0.1) is 5.00 Å². The quantitative estimate of drug-likeness (QED) is 0.392. The number of aryl methyl sites for hydroxylation is 1. The average Bonchev–Trinajstić information content (AvgIpc) is 3.18. The summed E-state index contributed by atoms with van der Waals surface area (Å²) in [6.45, 7) is 3.02. The van der Waals surface area contributed by atoms with E-state index in [1.165, 1.54) is 48.8 Å². The lowest BCUT2D eigenvalue weighted by molar-refractivity contribution is 1.35. The molecule has 3 aromatic carbocycles. The molecule has 1 aliphatic rings. The maximum Gasteiger partial charge on any atom is 0.0965 e. The molecule has 5 rings (SSSR count). The molecular formula is C26H21NS. The SMILES string of the molecule is Cc1cccc(-c2ccc(-c3cc4c(s3)NCC(c3ccccc3)=C4)cc2)c1. The van der Waals surface area contributed by atoms with Gasteiger partial charge in [-0.3, -0.25) is 0 Å². The molecule has 0 fully saturated rings. The molecule has 0 unspecified atom stereocenters. The van der Waals surface area contributed by atoms with E-state index in [-0.39, 0.29) is 0 Å². The van der Waals surface area contributed by atoms with E-state index < -0.39 is 0 Å². The second kappa shape index (κ2) is 7.14. The van der Waals surface area contributed by atoms with Crippen molar-refractivity contribution in [1.29, 1.82) is 0 Å². The van der Waals surface area contributed by atoms with Gasteiger partial charge >= 0.3 is 0 Å². The minimum atomic E-state index is 0.878. The molecule has 1 aliphatic heterocycles. The first kappa shape index (κ1) is 17.0. The normalized spacial score (nSPS) is 12.8. The molecule has 0 spiro atoms. The number of fused-ring (bicyclic) bond motifs is 1. The Labute approximate surface area is 170 Å². The van der Waals surface area contributed by atoms with Gasteiger partial charge in [0.25, 0.3) is 0 Å². The van der Waals surface area contributed by atoms with Crippen LogP contribution in [0.1, 0.15) is 16.7 Å². The Balaban J connectivity index is 1.44. The Bertz CT molecular complexity index is 1150. The summed E-state index contributed by atoms with van der Waals surface area (Å²) in [5.74, 6) is 0. The van der Waals surface area contributed by atoms with Gasteiger partial charge in [-0.1, -0.05) is 84.4 Å².